The van der Waals surface area contributed by atoms with Gasteiger partial charge >= 0.3 is 5.97 Å². The van der Waals surface area contributed by atoms with E-state index in [-0.39, 0.29) is 5.97 Å². The van der Waals surface area contributed by atoms with Gasteiger partial charge in [-0.25, -0.2) is 0 Å². The summed E-state index contributed by atoms with van der Waals surface area (Å²) < 4.78 is 26.6. The van der Waals surface area contributed by atoms with Crippen LogP contribution >= 0.6 is 0 Å². The van der Waals surface area contributed by atoms with E-state index in [1.807, 2.05) is 6.92 Å². The van der Waals surface area contributed by atoms with Gasteiger partial charge in [-0.1, -0.05) is 27.7 Å². The van der Waals surface area contributed by atoms with Gasteiger partial charge in [0.2, 0.25) is 0 Å². The third kappa shape index (κ3) is 21.5. The Bertz CT molecular complexity index is 340. The standard InChI is InChI=1S/C21H42O6/c1-6-23-12-13-25-16-17-26-15-14-24-10-7-8-20(22)27-11-9-19(2)18-21(3,4)5/h19H,6-18H2,1-5H3. The molecule has 162 valence electrons. The second-order valence-corrected chi connectivity index (χ2v) is 8.02. The van der Waals surface area contributed by atoms with E-state index >= 15 is 0 Å². The zero-order chi connectivity index (χ0) is 20.4. The molecule has 1 unspecified atom stereocenters. The van der Waals surface area contributed by atoms with Gasteiger partial charge in [0.25, 0.3) is 0 Å². The van der Waals surface area contributed by atoms with Crippen molar-refractivity contribution in [3.8, 4) is 0 Å². The molecule has 1 atom stereocenters. The van der Waals surface area contributed by atoms with E-state index in [0.717, 1.165) is 12.8 Å². The molecule has 0 aromatic heterocycles. The van der Waals surface area contributed by atoms with Gasteiger partial charge in [-0.05, 0) is 37.5 Å². The van der Waals surface area contributed by atoms with E-state index in [1.165, 1.54) is 0 Å². The highest BCUT2D eigenvalue weighted by Gasteiger charge is 2.15. The summed E-state index contributed by atoms with van der Waals surface area (Å²) in [5.74, 6) is 0.429. The van der Waals surface area contributed by atoms with Gasteiger partial charge < -0.3 is 23.7 Å². The van der Waals surface area contributed by atoms with Crippen LogP contribution in [0.4, 0.5) is 0 Å². The predicted molar refractivity (Wildman–Crippen MR) is 107 cm³/mol. The van der Waals surface area contributed by atoms with E-state index in [2.05, 4.69) is 27.7 Å². The molecule has 0 bridgehead atoms. The molecule has 27 heavy (non-hydrogen) atoms. The highest BCUT2D eigenvalue weighted by Crippen LogP contribution is 2.25. The molecular formula is C21H42O6. The molecule has 0 saturated carbocycles. The van der Waals surface area contributed by atoms with E-state index in [0.29, 0.717) is 83.6 Å². The first-order chi connectivity index (χ1) is 12.8. The lowest BCUT2D eigenvalue weighted by atomic mass is 9.84. The third-order valence-corrected chi connectivity index (χ3v) is 3.82. The number of ether oxygens (including phenoxy) is 5. The first-order valence-corrected chi connectivity index (χ1v) is 10.3. The minimum atomic E-state index is -0.137. The maximum absolute atomic E-state index is 11.7. The first kappa shape index (κ1) is 26.3. The molecule has 0 aromatic carbocycles. The van der Waals surface area contributed by atoms with E-state index in [9.17, 15) is 4.79 Å². The van der Waals surface area contributed by atoms with Crippen LogP contribution in [0.2, 0.25) is 0 Å². The lowest BCUT2D eigenvalue weighted by molar-refractivity contribution is -0.144. The van der Waals surface area contributed by atoms with Crippen LogP contribution in [0.15, 0.2) is 0 Å². The zero-order valence-corrected chi connectivity index (χ0v) is 18.2. The van der Waals surface area contributed by atoms with Crippen molar-refractivity contribution in [2.45, 2.75) is 60.3 Å². The van der Waals surface area contributed by atoms with Crippen molar-refractivity contribution in [2.24, 2.45) is 11.3 Å². The lowest BCUT2D eigenvalue weighted by Gasteiger charge is -2.22. The molecular weight excluding hydrogens is 348 g/mol. The molecule has 0 aliphatic rings. The molecule has 0 heterocycles. The largest absolute Gasteiger partial charge is 0.466 e. The SMILES string of the molecule is CCOCCOCCOCCOCCCC(=O)OCCC(C)CC(C)(C)C. The Labute approximate surface area is 166 Å². The first-order valence-electron chi connectivity index (χ1n) is 10.3. The Balaban J connectivity index is 3.30. The van der Waals surface area contributed by atoms with Gasteiger partial charge in [-0.15, -0.1) is 0 Å². The summed E-state index contributed by atoms with van der Waals surface area (Å²) in [7, 11) is 0. The molecule has 0 saturated heterocycles. The normalized spacial score (nSPS) is 12.9. The number of hydrogen-bond donors (Lipinski definition) is 0. The minimum absolute atomic E-state index is 0.137. The van der Waals surface area contributed by atoms with E-state index < -0.39 is 0 Å². The minimum Gasteiger partial charge on any atom is -0.466 e. The summed E-state index contributed by atoms with van der Waals surface area (Å²) in [6.07, 6.45) is 3.14. The van der Waals surface area contributed by atoms with Gasteiger partial charge in [0.15, 0.2) is 0 Å². The van der Waals surface area contributed by atoms with Crippen molar-refractivity contribution in [2.75, 3.05) is 59.5 Å². The topological polar surface area (TPSA) is 63.2 Å². The van der Waals surface area contributed by atoms with Gasteiger partial charge in [-0.2, -0.15) is 0 Å². The van der Waals surface area contributed by atoms with Crippen LogP contribution in [-0.2, 0) is 28.5 Å². The molecule has 0 rings (SSSR count). The molecule has 0 fully saturated rings. The molecule has 0 aliphatic carbocycles. The molecule has 0 radical (unpaired) electrons. The molecule has 0 N–H and O–H groups in total. The van der Waals surface area contributed by atoms with Crippen LogP contribution in [0.25, 0.3) is 0 Å². The Morgan fingerprint density at radius 1 is 0.815 bits per heavy atom. The number of rotatable bonds is 18. The lowest BCUT2D eigenvalue weighted by Crippen LogP contribution is -2.14. The van der Waals surface area contributed by atoms with Crippen molar-refractivity contribution < 1.29 is 28.5 Å². The number of carbonyl (C=O) groups excluding carboxylic acids is 1. The van der Waals surface area contributed by atoms with Crippen LogP contribution in [0.1, 0.15) is 60.3 Å². The Kier molecular flexibility index (Phi) is 17.0. The van der Waals surface area contributed by atoms with Crippen molar-refractivity contribution in [3.05, 3.63) is 0 Å². The molecule has 6 heteroatoms. The third-order valence-electron chi connectivity index (χ3n) is 3.82. The van der Waals surface area contributed by atoms with Crippen LogP contribution in [0.5, 0.6) is 0 Å². The van der Waals surface area contributed by atoms with Crippen molar-refractivity contribution in [3.63, 3.8) is 0 Å². The van der Waals surface area contributed by atoms with Gasteiger partial charge in [0.05, 0.1) is 46.2 Å². The van der Waals surface area contributed by atoms with Crippen molar-refractivity contribution in [1.29, 1.82) is 0 Å². The maximum Gasteiger partial charge on any atom is 0.305 e. The Morgan fingerprint density at radius 3 is 1.85 bits per heavy atom. The summed E-state index contributed by atoms with van der Waals surface area (Å²) >= 11 is 0. The van der Waals surface area contributed by atoms with Crippen LogP contribution in [0.3, 0.4) is 0 Å². The quantitative estimate of drug-likeness (QED) is 0.262. The average Bonchev–Trinajstić information content (AvgIpc) is 2.57. The summed E-state index contributed by atoms with van der Waals surface area (Å²) in [4.78, 5) is 11.7. The van der Waals surface area contributed by atoms with Crippen molar-refractivity contribution >= 4 is 5.97 Å². The summed E-state index contributed by atoms with van der Waals surface area (Å²) in [6.45, 7) is 16.0. The molecule has 0 spiro atoms. The summed E-state index contributed by atoms with van der Waals surface area (Å²) in [5, 5.41) is 0. The van der Waals surface area contributed by atoms with Crippen LogP contribution in [-0.4, -0.2) is 65.4 Å². The Morgan fingerprint density at radius 2 is 1.33 bits per heavy atom. The maximum atomic E-state index is 11.7. The molecule has 0 aromatic rings. The summed E-state index contributed by atoms with van der Waals surface area (Å²) in [6, 6.07) is 0. The number of hydrogen-bond acceptors (Lipinski definition) is 6. The highest BCUT2D eigenvalue weighted by atomic mass is 16.6. The fourth-order valence-electron chi connectivity index (χ4n) is 2.72. The summed E-state index contributed by atoms with van der Waals surface area (Å²) in [5.41, 5.74) is 0.321. The fraction of sp³-hybridized carbons (Fsp3) is 0.952. The fourth-order valence-corrected chi connectivity index (χ4v) is 2.72. The Hall–Kier alpha value is -0.690. The zero-order valence-electron chi connectivity index (χ0n) is 18.2. The van der Waals surface area contributed by atoms with Gasteiger partial charge in [-0.3, -0.25) is 4.79 Å². The smallest absolute Gasteiger partial charge is 0.305 e. The van der Waals surface area contributed by atoms with Crippen LogP contribution < -0.4 is 0 Å². The average molecular weight is 391 g/mol. The molecule has 0 aliphatic heterocycles. The van der Waals surface area contributed by atoms with E-state index in [1.54, 1.807) is 0 Å². The monoisotopic (exact) mass is 390 g/mol. The highest BCUT2D eigenvalue weighted by molar-refractivity contribution is 5.69. The van der Waals surface area contributed by atoms with E-state index in [4.69, 9.17) is 23.7 Å². The van der Waals surface area contributed by atoms with Crippen molar-refractivity contribution in [1.82, 2.24) is 0 Å². The second-order valence-electron chi connectivity index (χ2n) is 8.02. The van der Waals surface area contributed by atoms with Crippen LogP contribution in [0, 0.1) is 11.3 Å². The molecule has 0 amide bonds. The predicted octanol–water partition coefficient (Wildman–Crippen LogP) is 3.86. The number of carbonyl (C=O) groups is 1. The van der Waals surface area contributed by atoms with Gasteiger partial charge in [0.1, 0.15) is 0 Å². The molecule has 6 nitrogen and oxygen atoms in total. The van der Waals surface area contributed by atoms with Gasteiger partial charge in [0, 0.05) is 19.6 Å². The number of esters is 1. The second kappa shape index (κ2) is 17.4.